The minimum atomic E-state index is 0.200. The van der Waals surface area contributed by atoms with Crippen LogP contribution in [0.4, 0.5) is 0 Å². The number of hydrogen-bond acceptors (Lipinski definition) is 2. The van der Waals surface area contributed by atoms with Crippen LogP contribution in [-0.2, 0) is 4.74 Å². The molecule has 0 unspecified atom stereocenters. The topological polar surface area (TPSA) is 18.5 Å². The van der Waals surface area contributed by atoms with Crippen LogP contribution in [0.25, 0.3) is 0 Å². The van der Waals surface area contributed by atoms with Gasteiger partial charge in [0.05, 0.1) is 13.4 Å². The molecule has 0 spiro atoms. The van der Waals surface area contributed by atoms with Gasteiger partial charge < -0.3 is 9.47 Å². The molecule has 1 aliphatic rings. The molecule has 1 heterocycles. The summed E-state index contributed by atoms with van der Waals surface area (Å²) in [6, 6.07) is 7.99. The Morgan fingerprint density at radius 3 is 2.62 bits per heavy atom. The maximum atomic E-state index is 5.39. The molecule has 1 aromatic carbocycles. The summed E-state index contributed by atoms with van der Waals surface area (Å²) in [4.78, 5) is 0. The normalized spacial score (nSPS) is 19.9. The van der Waals surface area contributed by atoms with Gasteiger partial charge in [-0.1, -0.05) is 12.1 Å². The summed E-state index contributed by atoms with van der Waals surface area (Å²) in [5, 5.41) is 0. The van der Waals surface area contributed by atoms with Crippen LogP contribution >= 0.6 is 0 Å². The van der Waals surface area contributed by atoms with E-state index in [-0.39, 0.29) is 6.10 Å². The molecule has 0 fully saturated rings. The van der Waals surface area contributed by atoms with Crippen molar-refractivity contribution in [3.8, 4) is 5.75 Å². The van der Waals surface area contributed by atoms with E-state index in [4.69, 9.17) is 9.47 Å². The van der Waals surface area contributed by atoms with E-state index in [1.807, 2.05) is 30.3 Å². The molecule has 68 valence electrons. The van der Waals surface area contributed by atoms with Gasteiger partial charge in [-0.15, -0.1) is 0 Å². The van der Waals surface area contributed by atoms with E-state index in [2.05, 4.69) is 0 Å². The van der Waals surface area contributed by atoms with Gasteiger partial charge in [-0.2, -0.15) is 0 Å². The standard InChI is InChI=1S/C11H12O2/c1-12-10-6-4-9(5-7-10)11-3-2-8-13-11/h2,4-8,11H,3H2,1H3/t11-/m0/s1. The van der Waals surface area contributed by atoms with Crippen LogP contribution < -0.4 is 4.74 Å². The summed E-state index contributed by atoms with van der Waals surface area (Å²) in [6.07, 6.45) is 4.96. The maximum Gasteiger partial charge on any atom is 0.126 e. The van der Waals surface area contributed by atoms with Crippen molar-refractivity contribution in [2.75, 3.05) is 7.11 Å². The predicted molar refractivity (Wildman–Crippen MR) is 50.6 cm³/mol. The van der Waals surface area contributed by atoms with Gasteiger partial charge in [0.25, 0.3) is 0 Å². The Hall–Kier alpha value is -1.44. The average molecular weight is 176 g/mol. The Labute approximate surface area is 77.8 Å². The largest absolute Gasteiger partial charge is 0.497 e. The summed E-state index contributed by atoms with van der Waals surface area (Å²) >= 11 is 0. The van der Waals surface area contributed by atoms with Crippen LogP contribution in [-0.4, -0.2) is 7.11 Å². The van der Waals surface area contributed by atoms with Crippen LogP contribution in [0.1, 0.15) is 18.1 Å². The quantitative estimate of drug-likeness (QED) is 0.689. The lowest BCUT2D eigenvalue weighted by atomic mass is 10.1. The lowest BCUT2D eigenvalue weighted by molar-refractivity contribution is 0.173. The van der Waals surface area contributed by atoms with Crippen LogP contribution in [0.2, 0.25) is 0 Å². The van der Waals surface area contributed by atoms with Gasteiger partial charge in [-0.25, -0.2) is 0 Å². The van der Waals surface area contributed by atoms with E-state index in [9.17, 15) is 0 Å². The Kier molecular flexibility index (Phi) is 2.21. The Balaban J connectivity index is 2.13. The van der Waals surface area contributed by atoms with Gasteiger partial charge >= 0.3 is 0 Å². The smallest absolute Gasteiger partial charge is 0.126 e. The van der Waals surface area contributed by atoms with Crippen molar-refractivity contribution in [1.29, 1.82) is 0 Å². The summed E-state index contributed by atoms with van der Waals surface area (Å²) in [5.74, 6) is 0.884. The SMILES string of the molecule is COc1ccc([C@@H]2CC=CO2)cc1. The van der Waals surface area contributed by atoms with Crippen LogP contribution in [0.5, 0.6) is 5.75 Å². The maximum absolute atomic E-state index is 5.39. The van der Waals surface area contributed by atoms with E-state index in [0.29, 0.717) is 0 Å². The van der Waals surface area contributed by atoms with Crippen molar-refractivity contribution in [2.45, 2.75) is 12.5 Å². The highest BCUT2D eigenvalue weighted by atomic mass is 16.5. The number of ether oxygens (including phenoxy) is 2. The highest BCUT2D eigenvalue weighted by Crippen LogP contribution is 2.27. The summed E-state index contributed by atoms with van der Waals surface area (Å²) in [5.41, 5.74) is 1.20. The van der Waals surface area contributed by atoms with E-state index in [0.717, 1.165) is 12.2 Å². The zero-order chi connectivity index (χ0) is 9.10. The molecule has 0 saturated heterocycles. The molecule has 0 bridgehead atoms. The molecule has 1 aromatic rings. The fourth-order valence-electron chi connectivity index (χ4n) is 1.42. The number of rotatable bonds is 2. The Morgan fingerprint density at radius 2 is 2.08 bits per heavy atom. The molecule has 13 heavy (non-hydrogen) atoms. The van der Waals surface area contributed by atoms with Crippen molar-refractivity contribution in [3.05, 3.63) is 42.2 Å². The van der Waals surface area contributed by atoms with E-state index < -0.39 is 0 Å². The summed E-state index contributed by atoms with van der Waals surface area (Å²) < 4.78 is 10.5. The van der Waals surface area contributed by atoms with Crippen LogP contribution in [0, 0.1) is 0 Å². The van der Waals surface area contributed by atoms with Crippen LogP contribution in [0.15, 0.2) is 36.6 Å². The fraction of sp³-hybridized carbons (Fsp3) is 0.273. The molecule has 2 nitrogen and oxygen atoms in total. The zero-order valence-electron chi connectivity index (χ0n) is 7.57. The van der Waals surface area contributed by atoms with E-state index in [1.165, 1.54) is 5.56 Å². The summed E-state index contributed by atoms with van der Waals surface area (Å²) in [6.45, 7) is 0. The molecular formula is C11H12O2. The van der Waals surface area contributed by atoms with Gasteiger partial charge in [-0.05, 0) is 23.8 Å². The second-order valence-corrected chi connectivity index (χ2v) is 3.01. The molecule has 1 atom stereocenters. The third kappa shape index (κ3) is 1.66. The Morgan fingerprint density at radius 1 is 1.31 bits per heavy atom. The second-order valence-electron chi connectivity index (χ2n) is 3.01. The molecule has 0 N–H and O–H groups in total. The lowest BCUT2D eigenvalue weighted by Crippen LogP contribution is -1.94. The van der Waals surface area contributed by atoms with Gasteiger partial charge in [0.15, 0.2) is 0 Å². The molecule has 2 heteroatoms. The Bertz CT molecular complexity index is 292. The van der Waals surface area contributed by atoms with Crippen molar-refractivity contribution in [2.24, 2.45) is 0 Å². The molecule has 0 aromatic heterocycles. The highest BCUT2D eigenvalue weighted by Gasteiger charge is 2.13. The van der Waals surface area contributed by atoms with Crippen molar-refractivity contribution in [1.82, 2.24) is 0 Å². The first-order chi connectivity index (χ1) is 6.40. The van der Waals surface area contributed by atoms with E-state index in [1.54, 1.807) is 13.4 Å². The molecule has 1 aliphatic heterocycles. The van der Waals surface area contributed by atoms with Gasteiger partial charge in [0.2, 0.25) is 0 Å². The molecule has 0 amide bonds. The molecule has 2 rings (SSSR count). The fourth-order valence-corrected chi connectivity index (χ4v) is 1.42. The minimum Gasteiger partial charge on any atom is -0.497 e. The monoisotopic (exact) mass is 176 g/mol. The predicted octanol–water partition coefficient (Wildman–Crippen LogP) is 2.67. The van der Waals surface area contributed by atoms with Gasteiger partial charge in [0, 0.05) is 6.42 Å². The van der Waals surface area contributed by atoms with Crippen molar-refractivity contribution in [3.63, 3.8) is 0 Å². The van der Waals surface area contributed by atoms with Crippen LogP contribution in [0.3, 0.4) is 0 Å². The van der Waals surface area contributed by atoms with Crippen molar-refractivity contribution < 1.29 is 9.47 Å². The second kappa shape index (κ2) is 3.52. The number of benzene rings is 1. The van der Waals surface area contributed by atoms with E-state index >= 15 is 0 Å². The third-order valence-electron chi connectivity index (χ3n) is 2.18. The number of hydrogen-bond donors (Lipinski definition) is 0. The minimum absolute atomic E-state index is 0.200. The molecular weight excluding hydrogens is 164 g/mol. The van der Waals surface area contributed by atoms with Crippen molar-refractivity contribution >= 4 is 0 Å². The first-order valence-electron chi connectivity index (χ1n) is 4.34. The lowest BCUT2D eigenvalue weighted by Gasteiger charge is -2.10. The summed E-state index contributed by atoms with van der Waals surface area (Å²) in [7, 11) is 1.67. The zero-order valence-corrected chi connectivity index (χ0v) is 7.57. The van der Waals surface area contributed by atoms with Gasteiger partial charge in [0.1, 0.15) is 11.9 Å². The molecule has 0 aliphatic carbocycles. The molecule has 0 saturated carbocycles. The highest BCUT2D eigenvalue weighted by molar-refractivity contribution is 5.29. The third-order valence-corrected chi connectivity index (χ3v) is 2.18. The molecule has 0 radical (unpaired) electrons. The average Bonchev–Trinajstić information content (AvgIpc) is 2.71. The first kappa shape index (κ1) is 8.17. The first-order valence-corrected chi connectivity index (χ1v) is 4.34. The number of methoxy groups -OCH3 is 1. The van der Waals surface area contributed by atoms with Gasteiger partial charge in [-0.3, -0.25) is 0 Å².